The minimum Gasteiger partial charge on any atom is -0.307 e. The average Bonchev–Trinajstić information content (AvgIpc) is 2.07. The van der Waals surface area contributed by atoms with Gasteiger partial charge in [0.2, 0.25) is 0 Å². The Bertz CT molecular complexity index is 342. The van der Waals surface area contributed by atoms with Gasteiger partial charge in [0.15, 0.2) is 5.82 Å². The van der Waals surface area contributed by atoms with Gasteiger partial charge in [-0.2, -0.15) is 0 Å². The summed E-state index contributed by atoms with van der Waals surface area (Å²) in [6.45, 7) is 4.08. The van der Waals surface area contributed by atoms with Crippen LogP contribution in [0.1, 0.15) is 16.8 Å². The molecule has 62 valence electrons. The van der Waals surface area contributed by atoms with Crippen LogP contribution in [0.25, 0.3) is 6.08 Å². The smallest absolute Gasteiger partial charge is 0.152 e. The van der Waals surface area contributed by atoms with E-state index in [0.29, 0.717) is 0 Å². The van der Waals surface area contributed by atoms with Gasteiger partial charge in [-0.1, -0.05) is 0 Å². The minimum absolute atomic E-state index is 0.903. The monoisotopic (exact) mass is 161 g/mol. The molecule has 0 fully saturated rings. The lowest BCUT2D eigenvalue weighted by Crippen LogP contribution is -2.19. The Hall–Kier alpha value is -1.51. The van der Waals surface area contributed by atoms with Crippen molar-refractivity contribution in [3.63, 3.8) is 0 Å². The third-order valence-electron chi connectivity index (χ3n) is 2.03. The van der Waals surface area contributed by atoms with Gasteiger partial charge in [-0.15, -0.1) is 0 Å². The molecular weight excluding hydrogens is 150 g/mol. The molecule has 0 aromatic carbocycles. The first-order valence-corrected chi connectivity index (χ1v) is 3.94. The van der Waals surface area contributed by atoms with Crippen molar-refractivity contribution in [3.8, 4) is 0 Å². The molecule has 0 radical (unpaired) electrons. The van der Waals surface area contributed by atoms with Crippen LogP contribution in [0.2, 0.25) is 0 Å². The Kier molecular flexibility index (Phi) is 1.50. The van der Waals surface area contributed by atoms with Crippen LogP contribution < -0.4 is 10.9 Å². The van der Waals surface area contributed by atoms with Gasteiger partial charge in [-0.25, -0.2) is 4.98 Å². The summed E-state index contributed by atoms with van der Waals surface area (Å²) in [5.41, 5.74) is 9.31. The maximum Gasteiger partial charge on any atom is 0.152 e. The van der Waals surface area contributed by atoms with E-state index in [1.54, 1.807) is 0 Å². The molecule has 2 N–H and O–H groups in total. The first kappa shape index (κ1) is 7.16. The van der Waals surface area contributed by atoms with E-state index in [2.05, 4.69) is 28.8 Å². The number of nitrogens with one attached hydrogen (secondary N) is 2. The lowest BCUT2D eigenvalue weighted by atomic mass is 10.1. The molecule has 0 saturated heterocycles. The zero-order chi connectivity index (χ0) is 8.55. The van der Waals surface area contributed by atoms with E-state index in [0.717, 1.165) is 17.1 Å². The van der Waals surface area contributed by atoms with E-state index in [-0.39, 0.29) is 0 Å². The Morgan fingerprint density at radius 2 is 2.17 bits per heavy atom. The first-order valence-electron chi connectivity index (χ1n) is 3.94. The largest absolute Gasteiger partial charge is 0.307 e. The van der Waals surface area contributed by atoms with Gasteiger partial charge in [-0.3, -0.25) is 5.43 Å². The molecule has 3 nitrogen and oxygen atoms in total. The fourth-order valence-corrected chi connectivity index (χ4v) is 1.20. The van der Waals surface area contributed by atoms with Gasteiger partial charge in [-0.05, 0) is 31.6 Å². The van der Waals surface area contributed by atoms with Crippen molar-refractivity contribution in [1.29, 1.82) is 0 Å². The highest BCUT2D eigenvalue weighted by Crippen LogP contribution is 2.19. The summed E-state index contributed by atoms with van der Waals surface area (Å²) in [6.07, 6.45) is 3.87. The summed E-state index contributed by atoms with van der Waals surface area (Å²) in [4.78, 5) is 4.39. The maximum atomic E-state index is 4.39. The Morgan fingerprint density at radius 3 is 3.00 bits per heavy atom. The summed E-state index contributed by atoms with van der Waals surface area (Å²) in [5.74, 6) is 0.903. The highest BCUT2D eigenvalue weighted by atomic mass is 15.4. The van der Waals surface area contributed by atoms with Crippen molar-refractivity contribution in [2.75, 3.05) is 5.43 Å². The van der Waals surface area contributed by atoms with Crippen LogP contribution in [-0.4, -0.2) is 4.98 Å². The van der Waals surface area contributed by atoms with Crippen LogP contribution in [0.3, 0.4) is 0 Å². The zero-order valence-corrected chi connectivity index (χ0v) is 7.18. The number of rotatable bonds is 0. The van der Waals surface area contributed by atoms with Gasteiger partial charge in [0.1, 0.15) is 0 Å². The summed E-state index contributed by atoms with van der Waals surface area (Å²) in [7, 11) is 0. The number of hydrogen-bond donors (Lipinski definition) is 2. The number of hydrazine groups is 1. The van der Waals surface area contributed by atoms with E-state index in [1.807, 2.05) is 19.2 Å². The molecule has 0 aliphatic carbocycles. The van der Waals surface area contributed by atoms with E-state index in [1.165, 1.54) is 5.56 Å². The highest BCUT2D eigenvalue weighted by Gasteiger charge is 2.06. The third-order valence-corrected chi connectivity index (χ3v) is 2.03. The Balaban J connectivity index is 2.58. The number of pyridine rings is 1. The summed E-state index contributed by atoms with van der Waals surface area (Å²) in [5, 5.41) is 0. The molecule has 2 heterocycles. The van der Waals surface area contributed by atoms with Gasteiger partial charge >= 0.3 is 0 Å². The molecule has 0 atom stereocenters. The number of aromatic nitrogens is 1. The van der Waals surface area contributed by atoms with Crippen molar-refractivity contribution in [2.24, 2.45) is 0 Å². The van der Waals surface area contributed by atoms with Crippen molar-refractivity contribution >= 4 is 11.9 Å². The first-order chi connectivity index (χ1) is 5.77. The number of hydrogen-bond acceptors (Lipinski definition) is 3. The molecule has 1 aliphatic rings. The van der Waals surface area contributed by atoms with E-state index in [4.69, 9.17) is 0 Å². The van der Waals surface area contributed by atoms with E-state index in [9.17, 15) is 0 Å². The lowest BCUT2D eigenvalue weighted by molar-refractivity contribution is 0.999. The van der Waals surface area contributed by atoms with Crippen LogP contribution in [-0.2, 0) is 0 Å². The van der Waals surface area contributed by atoms with Crippen LogP contribution >= 0.6 is 0 Å². The third kappa shape index (κ3) is 1.03. The summed E-state index contributed by atoms with van der Waals surface area (Å²) in [6, 6.07) is 2.13. The average molecular weight is 161 g/mol. The predicted molar refractivity (Wildman–Crippen MR) is 49.5 cm³/mol. The Morgan fingerprint density at radius 1 is 1.33 bits per heavy atom. The predicted octanol–water partition coefficient (Wildman–Crippen LogP) is 1.60. The SMILES string of the molecule is Cc1cc2c(nc1C)NNC=C2. The topological polar surface area (TPSA) is 37.0 Å². The molecule has 0 amide bonds. The normalized spacial score (nSPS) is 13.2. The second kappa shape index (κ2) is 2.52. The number of anilines is 1. The number of fused-ring (bicyclic) bond motifs is 1. The second-order valence-electron chi connectivity index (χ2n) is 2.93. The van der Waals surface area contributed by atoms with Gasteiger partial charge in [0.25, 0.3) is 0 Å². The quantitative estimate of drug-likeness (QED) is 0.606. The molecule has 1 aromatic rings. The van der Waals surface area contributed by atoms with Crippen LogP contribution in [0, 0.1) is 13.8 Å². The molecule has 2 rings (SSSR count). The molecule has 1 aromatic heterocycles. The van der Waals surface area contributed by atoms with Crippen LogP contribution in [0.15, 0.2) is 12.3 Å². The molecule has 12 heavy (non-hydrogen) atoms. The maximum absolute atomic E-state index is 4.39. The number of nitrogens with zero attached hydrogens (tertiary/aromatic N) is 1. The standard InChI is InChI=1S/C9H11N3/c1-6-5-8-3-4-10-12-9(8)11-7(6)2/h3-5,10H,1-2H3,(H,11,12). The minimum atomic E-state index is 0.903. The second-order valence-corrected chi connectivity index (χ2v) is 2.93. The van der Waals surface area contributed by atoms with Crippen molar-refractivity contribution in [3.05, 3.63) is 29.1 Å². The van der Waals surface area contributed by atoms with Gasteiger partial charge < -0.3 is 5.43 Å². The molecule has 0 saturated carbocycles. The van der Waals surface area contributed by atoms with Crippen molar-refractivity contribution < 1.29 is 0 Å². The summed E-state index contributed by atoms with van der Waals surface area (Å²) < 4.78 is 0. The molecular formula is C9H11N3. The zero-order valence-electron chi connectivity index (χ0n) is 7.18. The van der Waals surface area contributed by atoms with Crippen molar-refractivity contribution in [2.45, 2.75) is 13.8 Å². The van der Waals surface area contributed by atoms with Crippen LogP contribution in [0.5, 0.6) is 0 Å². The fourth-order valence-electron chi connectivity index (χ4n) is 1.20. The lowest BCUT2D eigenvalue weighted by Gasteiger charge is -2.14. The van der Waals surface area contributed by atoms with Crippen molar-refractivity contribution in [1.82, 2.24) is 10.4 Å². The van der Waals surface area contributed by atoms with Gasteiger partial charge in [0, 0.05) is 17.5 Å². The van der Waals surface area contributed by atoms with Crippen LogP contribution in [0.4, 0.5) is 5.82 Å². The molecule has 0 unspecified atom stereocenters. The highest BCUT2D eigenvalue weighted by molar-refractivity contribution is 5.66. The van der Waals surface area contributed by atoms with E-state index >= 15 is 0 Å². The van der Waals surface area contributed by atoms with Gasteiger partial charge in [0.05, 0.1) is 0 Å². The molecule has 3 heteroatoms. The molecule has 0 bridgehead atoms. The fraction of sp³-hybridized carbons (Fsp3) is 0.222. The number of aryl methyl sites for hydroxylation is 2. The molecule has 0 spiro atoms. The summed E-state index contributed by atoms with van der Waals surface area (Å²) >= 11 is 0. The molecule has 1 aliphatic heterocycles. The van der Waals surface area contributed by atoms with E-state index < -0.39 is 0 Å². The Labute approximate surface area is 71.5 Å².